The Morgan fingerprint density at radius 2 is 2.39 bits per heavy atom. The highest BCUT2D eigenvalue weighted by Crippen LogP contribution is 2.25. The Balaban J connectivity index is 2.14. The SMILES string of the molecule is Cc1nn(CCC#N)cc1/C=N/Nc1ncnc(N)c1[N+](=O)[O-]. The number of nitrogens with one attached hydrogen (secondary N) is 1. The third kappa shape index (κ3) is 3.76. The van der Waals surface area contributed by atoms with Crippen molar-refractivity contribution < 1.29 is 4.92 Å². The molecule has 0 spiro atoms. The van der Waals surface area contributed by atoms with Gasteiger partial charge in [0.05, 0.1) is 35.9 Å². The van der Waals surface area contributed by atoms with Gasteiger partial charge in [0.25, 0.3) is 0 Å². The van der Waals surface area contributed by atoms with Crippen LogP contribution in [0.4, 0.5) is 17.3 Å². The predicted octanol–water partition coefficient (Wildman–Crippen LogP) is 0.832. The molecule has 11 nitrogen and oxygen atoms in total. The van der Waals surface area contributed by atoms with Gasteiger partial charge in [0, 0.05) is 11.8 Å². The van der Waals surface area contributed by atoms with Crippen LogP contribution < -0.4 is 11.2 Å². The van der Waals surface area contributed by atoms with Gasteiger partial charge in [0.1, 0.15) is 6.33 Å². The summed E-state index contributed by atoms with van der Waals surface area (Å²) < 4.78 is 1.63. The number of anilines is 2. The van der Waals surface area contributed by atoms with E-state index in [4.69, 9.17) is 11.0 Å². The van der Waals surface area contributed by atoms with Crippen molar-refractivity contribution in [1.82, 2.24) is 19.7 Å². The lowest BCUT2D eigenvalue weighted by atomic mass is 10.3. The molecular formula is C12H13N9O2. The summed E-state index contributed by atoms with van der Waals surface area (Å²) in [7, 11) is 0. The summed E-state index contributed by atoms with van der Waals surface area (Å²) in [5, 5.41) is 27.6. The summed E-state index contributed by atoms with van der Waals surface area (Å²) in [6, 6.07) is 2.03. The van der Waals surface area contributed by atoms with E-state index < -0.39 is 10.6 Å². The van der Waals surface area contributed by atoms with Gasteiger partial charge in [-0.15, -0.1) is 0 Å². The molecule has 3 N–H and O–H groups in total. The van der Waals surface area contributed by atoms with Gasteiger partial charge < -0.3 is 5.73 Å². The minimum absolute atomic E-state index is 0.103. The molecule has 0 bridgehead atoms. The van der Waals surface area contributed by atoms with E-state index in [1.165, 1.54) is 6.21 Å². The highest BCUT2D eigenvalue weighted by molar-refractivity contribution is 5.81. The number of nitrogen functional groups attached to an aromatic ring is 1. The molecule has 2 aromatic heterocycles. The van der Waals surface area contributed by atoms with E-state index in [9.17, 15) is 10.1 Å². The van der Waals surface area contributed by atoms with Crippen molar-refractivity contribution >= 4 is 23.5 Å². The third-order valence-electron chi connectivity index (χ3n) is 2.84. The van der Waals surface area contributed by atoms with Crippen molar-refractivity contribution in [3.05, 3.63) is 33.9 Å². The molecule has 2 rings (SSSR count). The maximum absolute atomic E-state index is 10.9. The molecule has 118 valence electrons. The molecule has 0 fully saturated rings. The lowest BCUT2D eigenvalue weighted by Gasteiger charge is -2.01. The molecular weight excluding hydrogens is 302 g/mol. The lowest BCUT2D eigenvalue weighted by Crippen LogP contribution is -2.04. The topological polar surface area (TPSA) is 161 Å². The molecule has 0 aromatic carbocycles. The number of rotatable bonds is 6. The summed E-state index contributed by atoms with van der Waals surface area (Å²) in [5.41, 5.74) is 8.91. The van der Waals surface area contributed by atoms with Gasteiger partial charge in [-0.05, 0) is 6.92 Å². The number of nitriles is 1. The van der Waals surface area contributed by atoms with Crippen LogP contribution in [0.3, 0.4) is 0 Å². The average Bonchev–Trinajstić information content (AvgIpc) is 2.85. The summed E-state index contributed by atoms with van der Waals surface area (Å²) in [4.78, 5) is 17.6. The molecule has 23 heavy (non-hydrogen) atoms. The van der Waals surface area contributed by atoms with E-state index in [0.717, 1.165) is 6.33 Å². The van der Waals surface area contributed by atoms with Crippen molar-refractivity contribution in [2.24, 2.45) is 5.10 Å². The fraction of sp³-hybridized carbons (Fsp3) is 0.250. The Bertz CT molecular complexity index is 790. The summed E-state index contributed by atoms with van der Waals surface area (Å²) in [6.07, 6.45) is 4.63. The van der Waals surface area contributed by atoms with Gasteiger partial charge >= 0.3 is 5.69 Å². The first kappa shape index (κ1) is 15.8. The van der Waals surface area contributed by atoms with Crippen LogP contribution in [0.25, 0.3) is 0 Å². The Morgan fingerprint density at radius 3 is 3.09 bits per heavy atom. The molecule has 0 saturated heterocycles. The fourth-order valence-electron chi connectivity index (χ4n) is 1.76. The van der Waals surface area contributed by atoms with Gasteiger partial charge in [-0.25, -0.2) is 9.97 Å². The van der Waals surface area contributed by atoms with Crippen LogP contribution in [0.1, 0.15) is 17.7 Å². The van der Waals surface area contributed by atoms with Crippen LogP contribution in [-0.2, 0) is 6.54 Å². The van der Waals surface area contributed by atoms with Gasteiger partial charge in [0.2, 0.25) is 11.6 Å². The zero-order chi connectivity index (χ0) is 16.8. The molecule has 0 aliphatic carbocycles. The van der Waals surface area contributed by atoms with Gasteiger partial charge in [-0.1, -0.05) is 0 Å². The number of nitrogens with zero attached hydrogens (tertiary/aromatic N) is 7. The second-order valence-electron chi connectivity index (χ2n) is 4.42. The third-order valence-corrected chi connectivity index (χ3v) is 2.84. The maximum Gasteiger partial charge on any atom is 0.354 e. The number of aromatic nitrogens is 4. The quantitative estimate of drug-likeness (QED) is 0.450. The zero-order valence-corrected chi connectivity index (χ0v) is 12.2. The van der Waals surface area contributed by atoms with Crippen molar-refractivity contribution in [3.8, 4) is 6.07 Å². The van der Waals surface area contributed by atoms with Crippen molar-refractivity contribution in [1.29, 1.82) is 5.26 Å². The fourth-order valence-corrected chi connectivity index (χ4v) is 1.76. The van der Waals surface area contributed by atoms with Crippen LogP contribution >= 0.6 is 0 Å². The Kier molecular flexibility index (Phi) is 4.78. The largest absolute Gasteiger partial charge is 0.378 e. The van der Waals surface area contributed by atoms with E-state index in [1.807, 2.05) is 6.07 Å². The monoisotopic (exact) mass is 315 g/mol. The molecule has 0 aliphatic rings. The van der Waals surface area contributed by atoms with Crippen LogP contribution in [0, 0.1) is 28.4 Å². The molecule has 0 aliphatic heterocycles. The Morgan fingerprint density at radius 1 is 1.61 bits per heavy atom. The average molecular weight is 315 g/mol. The molecule has 0 amide bonds. The van der Waals surface area contributed by atoms with Crippen molar-refractivity contribution in [2.45, 2.75) is 19.9 Å². The predicted molar refractivity (Wildman–Crippen MR) is 81.5 cm³/mol. The Hall–Kier alpha value is -3.55. The first-order valence-electron chi connectivity index (χ1n) is 6.48. The maximum atomic E-state index is 10.9. The number of hydrogen-bond acceptors (Lipinski definition) is 9. The number of aryl methyl sites for hydroxylation is 2. The van der Waals surface area contributed by atoms with Gasteiger partial charge in [-0.3, -0.25) is 20.2 Å². The van der Waals surface area contributed by atoms with E-state index in [1.54, 1.807) is 17.8 Å². The molecule has 0 saturated carbocycles. The van der Waals surface area contributed by atoms with Crippen LogP contribution in [0.2, 0.25) is 0 Å². The summed E-state index contributed by atoms with van der Waals surface area (Å²) >= 11 is 0. The van der Waals surface area contributed by atoms with E-state index >= 15 is 0 Å². The van der Waals surface area contributed by atoms with E-state index in [0.29, 0.717) is 24.2 Å². The zero-order valence-electron chi connectivity index (χ0n) is 12.2. The molecule has 11 heteroatoms. The van der Waals surface area contributed by atoms with Crippen molar-refractivity contribution in [2.75, 3.05) is 11.2 Å². The molecule has 2 heterocycles. The summed E-state index contributed by atoms with van der Waals surface area (Å²) in [5.74, 6) is -0.350. The molecule has 2 aromatic rings. The number of hydrogen-bond donors (Lipinski definition) is 2. The van der Waals surface area contributed by atoms with Gasteiger partial charge in [0.15, 0.2) is 0 Å². The smallest absolute Gasteiger partial charge is 0.354 e. The first-order valence-corrected chi connectivity index (χ1v) is 6.48. The van der Waals surface area contributed by atoms with E-state index in [2.05, 4.69) is 25.6 Å². The van der Waals surface area contributed by atoms with Gasteiger partial charge in [-0.2, -0.15) is 15.5 Å². The van der Waals surface area contributed by atoms with E-state index in [-0.39, 0.29) is 11.6 Å². The second-order valence-corrected chi connectivity index (χ2v) is 4.42. The van der Waals surface area contributed by atoms with Crippen LogP contribution in [0.15, 0.2) is 17.6 Å². The van der Waals surface area contributed by atoms with Crippen molar-refractivity contribution in [3.63, 3.8) is 0 Å². The highest BCUT2D eigenvalue weighted by atomic mass is 16.6. The number of nitrogens with two attached hydrogens (primary N) is 1. The highest BCUT2D eigenvalue weighted by Gasteiger charge is 2.20. The molecule has 0 unspecified atom stereocenters. The molecule has 0 radical (unpaired) electrons. The van der Waals surface area contributed by atoms with Crippen LogP contribution in [0.5, 0.6) is 0 Å². The minimum Gasteiger partial charge on any atom is -0.378 e. The first-order chi connectivity index (χ1) is 11.0. The number of nitro groups is 1. The Labute approximate surface area is 130 Å². The second kappa shape index (κ2) is 6.94. The minimum atomic E-state index is -0.682. The normalized spacial score (nSPS) is 10.6. The lowest BCUT2D eigenvalue weighted by molar-refractivity contribution is -0.383. The molecule has 0 atom stereocenters. The number of hydrazone groups is 1. The van der Waals surface area contributed by atoms with Crippen LogP contribution in [-0.4, -0.2) is 30.9 Å². The summed E-state index contributed by atoms with van der Waals surface area (Å²) in [6.45, 7) is 2.27. The standard InChI is InChI=1S/C12H13N9O2/c1-8-9(6-20(19-8)4-2-3-13)5-17-18-12-10(21(22)23)11(14)15-7-16-12/h5-7H,2,4H2,1H3,(H3,14,15,16,18)/b17-5+.